The van der Waals surface area contributed by atoms with E-state index in [9.17, 15) is 4.79 Å². The van der Waals surface area contributed by atoms with Crippen molar-refractivity contribution in [3.63, 3.8) is 0 Å². The molecule has 0 saturated heterocycles. The van der Waals surface area contributed by atoms with E-state index in [1.807, 2.05) is 32.0 Å². The van der Waals surface area contributed by atoms with Crippen molar-refractivity contribution in [1.29, 1.82) is 0 Å². The molecule has 0 aliphatic carbocycles. The monoisotopic (exact) mass is 390 g/mol. The number of carbonyl (C=O) groups excluding carboxylic acids is 1. The van der Waals surface area contributed by atoms with Gasteiger partial charge in [0.25, 0.3) is 5.91 Å². The standard InChI is InChI=1S/C18H23BrN4O/c1-4-5-6-9-20-17(24)16-11-13(3)21-18(23-16)22-14-7-8-15(19)12(2)10-14/h7-8,10-11H,4-6,9H2,1-3H3,(H,20,24)(H,21,22,23). The Balaban J connectivity index is 2.10. The summed E-state index contributed by atoms with van der Waals surface area (Å²) in [6, 6.07) is 7.61. The average Bonchev–Trinajstić information content (AvgIpc) is 2.54. The van der Waals surface area contributed by atoms with E-state index in [1.54, 1.807) is 6.07 Å². The Morgan fingerprint density at radius 1 is 1.17 bits per heavy atom. The fourth-order valence-electron chi connectivity index (χ4n) is 2.26. The third kappa shape index (κ3) is 5.30. The first-order valence-corrected chi connectivity index (χ1v) is 8.96. The number of amides is 1. The zero-order chi connectivity index (χ0) is 17.5. The van der Waals surface area contributed by atoms with Gasteiger partial charge in [0.1, 0.15) is 5.69 Å². The lowest BCUT2D eigenvalue weighted by Gasteiger charge is -2.10. The lowest BCUT2D eigenvalue weighted by atomic mass is 10.2. The molecule has 0 aliphatic heterocycles. The van der Waals surface area contributed by atoms with Crippen LogP contribution in [0.15, 0.2) is 28.7 Å². The van der Waals surface area contributed by atoms with Crippen molar-refractivity contribution in [3.8, 4) is 0 Å². The lowest BCUT2D eigenvalue weighted by molar-refractivity contribution is 0.0948. The smallest absolute Gasteiger partial charge is 0.270 e. The molecule has 1 amide bonds. The zero-order valence-electron chi connectivity index (χ0n) is 14.3. The number of hydrogen-bond acceptors (Lipinski definition) is 4. The molecule has 0 bridgehead atoms. The van der Waals surface area contributed by atoms with Crippen LogP contribution in [-0.2, 0) is 0 Å². The topological polar surface area (TPSA) is 66.9 Å². The number of rotatable bonds is 7. The third-order valence-corrected chi connectivity index (χ3v) is 4.46. The maximum atomic E-state index is 12.2. The van der Waals surface area contributed by atoms with E-state index in [1.165, 1.54) is 0 Å². The molecular formula is C18H23BrN4O. The van der Waals surface area contributed by atoms with Crippen LogP contribution in [0.3, 0.4) is 0 Å². The summed E-state index contributed by atoms with van der Waals surface area (Å²) in [5, 5.41) is 6.07. The van der Waals surface area contributed by atoms with Gasteiger partial charge in [-0.2, -0.15) is 0 Å². The molecule has 0 unspecified atom stereocenters. The Bertz CT molecular complexity index is 718. The molecule has 2 rings (SSSR count). The summed E-state index contributed by atoms with van der Waals surface area (Å²) in [5.41, 5.74) is 3.13. The number of unbranched alkanes of at least 4 members (excludes halogenated alkanes) is 2. The number of hydrogen-bond donors (Lipinski definition) is 2. The van der Waals surface area contributed by atoms with Crippen LogP contribution in [0.2, 0.25) is 0 Å². The molecule has 0 atom stereocenters. The number of aromatic nitrogens is 2. The van der Waals surface area contributed by atoms with E-state index < -0.39 is 0 Å². The van der Waals surface area contributed by atoms with Crippen molar-refractivity contribution in [1.82, 2.24) is 15.3 Å². The van der Waals surface area contributed by atoms with Crippen LogP contribution in [0, 0.1) is 13.8 Å². The number of carbonyl (C=O) groups is 1. The predicted molar refractivity (Wildman–Crippen MR) is 101 cm³/mol. The molecular weight excluding hydrogens is 368 g/mol. The van der Waals surface area contributed by atoms with Crippen LogP contribution >= 0.6 is 15.9 Å². The Labute approximate surface area is 151 Å². The van der Waals surface area contributed by atoms with Crippen molar-refractivity contribution in [3.05, 3.63) is 45.7 Å². The summed E-state index contributed by atoms with van der Waals surface area (Å²) in [6.07, 6.45) is 3.22. The summed E-state index contributed by atoms with van der Waals surface area (Å²) < 4.78 is 1.05. The van der Waals surface area contributed by atoms with Crippen LogP contribution in [-0.4, -0.2) is 22.4 Å². The molecule has 5 nitrogen and oxygen atoms in total. The highest BCUT2D eigenvalue weighted by atomic mass is 79.9. The number of aryl methyl sites for hydroxylation is 2. The third-order valence-electron chi connectivity index (χ3n) is 3.57. The molecule has 1 aromatic carbocycles. The summed E-state index contributed by atoms with van der Waals surface area (Å²) in [4.78, 5) is 20.9. The van der Waals surface area contributed by atoms with Crippen LogP contribution in [0.1, 0.15) is 47.9 Å². The molecule has 0 saturated carbocycles. The largest absolute Gasteiger partial charge is 0.351 e. The van der Waals surface area contributed by atoms with E-state index >= 15 is 0 Å². The van der Waals surface area contributed by atoms with E-state index in [4.69, 9.17) is 0 Å². The van der Waals surface area contributed by atoms with Gasteiger partial charge in [-0.3, -0.25) is 4.79 Å². The van der Waals surface area contributed by atoms with E-state index in [-0.39, 0.29) is 5.91 Å². The highest BCUT2D eigenvalue weighted by Gasteiger charge is 2.10. The van der Waals surface area contributed by atoms with Crippen molar-refractivity contribution in [2.75, 3.05) is 11.9 Å². The van der Waals surface area contributed by atoms with Gasteiger partial charge in [-0.05, 0) is 50.1 Å². The summed E-state index contributed by atoms with van der Waals surface area (Å²) >= 11 is 3.48. The zero-order valence-corrected chi connectivity index (χ0v) is 15.9. The maximum absolute atomic E-state index is 12.2. The van der Waals surface area contributed by atoms with Gasteiger partial charge in [-0.25, -0.2) is 9.97 Å². The van der Waals surface area contributed by atoms with Crippen LogP contribution in [0.25, 0.3) is 0 Å². The fraction of sp³-hybridized carbons (Fsp3) is 0.389. The summed E-state index contributed by atoms with van der Waals surface area (Å²) in [6.45, 7) is 6.68. The summed E-state index contributed by atoms with van der Waals surface area (Å²) in [5.74, 6) is 0.266. The Morgan fingerprint density at radius 3 is 2.67 bits per heavy atom. The van der Waals surface area contributed by atoms with Crippen LogP contribution in [0.5, 0.6) is 0 Å². The number of nitrogens with zero attached hydrogens (tertiary/aromatic N) is 2. The first-order valence-electron chi connectivity index (χ1n) is 8.16. The van der Waals surface area contributed by atoms with Crippen LogP contribution in [0.4, 0.5) is 11.6 Å². The molecule has 0 aliphatic rings. The molecule has 0 spiro atoms. The van der Waals surface area contributed by atoms with Gasteiger partial charge in [0.2, 0.25) is 5.95 Å². The molecule has 24 heavy (non-hydrogen) atoms. The SMILES string of the molecule is CCCCCNC(=O)c1cc(C)nc(Nc2ccc(Br)c(C)c2)n1. The second-order valence-corrected chi connectivity index (χ2v) is 6.62. The summed E-state index contributed by atoms with van der Waals surface area (Å²) in [7, 11) is 0. The van der Waals surface area contributed by atoms with Crippen molar-refractivity contribution < 1.29 is 4.79 Å². The van der Waals surface area contributed by atoms with E-state index in [0.717, 1.165) is 40.7 Å². The second kappa shape index (κ2) is 8.78. The minimum absolute atomic E-state index is 0.161. The molecule has 0 radical (unpaired) electrons. The normalized spacial score (nSPS) is 10.5. The van der Waals surface area contributed by atoms with Gasteiger partial charge in [0, 0.05) is 22.4 Å². The minimum atomic E-state index is -0.161. The van der Waals surface area contributed by atoms with Crippen molar-refractivity contribution in [2.24, 2.45) is 0 Å². The quantitative estimate of drug-likeness (QED) is 0.681. The van der Waals surface area contributed by atoms with Crippen molar-refractivity contribution >= 4 is 33.5 Å². The van der Waals surface area contributed by atoms with Crippen LogP contribution < -0.4 is 10.6 Å². The number of nitrogens with one attached hydrogen (secondary N) is 2. The number of benzene rings is 1. The lowest BCUT2D eigenvalue weighted by Crippen LogP contribution is -2.25. The molecule has 1 aromatic heterocycles. The number of anilines is 2. The van der Waals surface area contributed by atoms with Crippen molar-refractivity contribution in [2.45, 2.75) is 40.0 Å². The highest BCUT2D eigenvalue weighted by molar-refractivity contribution is 9.10. The molecule has 0 fully saturated rings. The second-order valence-electron chi connectivity index (χ2n) is 5.77. The van der Waals surface area contributed by atoms with Gasteiger partial charge in [-0.1, -0.05) is 35.7 Å². The first-order chi connectivity index (χ1) is 11.5. The Hall–Kier alpha value is -1.95. The minimum Gasteiger partial charge on any atom is -0.351 e. The maximum Gasteiger partial charge on any atom is 0.270 e. The molecule has 1 heterocycles. The highest BCUT2D eigenvalue weighted by Crippen LogP contribution is 2.22. The predicted octanol–water partition coefficient (Wildman–Crippen LogP) is 4.52. The average molecular weight is 391 g/mol. The van der Waals surface area contributed by atoms with E-state index in [0.29, 0.717) is 18.2 Å². The molecule has 128 valence electrons. The first kappa shape index (κ1) is 18.4. The number of halogens is 1. The fourth-order valence-corrected chi connectivity index (χ4v) is 2.51. The Kier molecular flexibility index (Phi) is 6.73. The van der Waals surface area contributed by atoms with Gasteiger partial charge >= 0.3 is 0 Å². The van der Waals surface area contributed by atoms with Gasteiger partial charge < -0.3 is 10.6 Å². The van der Waals surface area contributed by atoms with Gasteiger partial charge in [-0.15, -0.1) is 0 Å². The Morgan fingerprint density at radius 2 is 1.96 bits per heavy atom. The van der Waals surface area contributed by atoms with E-state index in [2.05, 4.69) is 43.5 Å². The van der Waals surface area contributed by atoms with Gasteiger partial charge in [0.15, 0.2) is 0 Å². The molecule has 2 N–H and O–H groups in total. The molecule has 2 aromatic rings. The van der Waals surface area contributed by atoms with Gasteiger partial charge in [0.05, 0.1) is 0 Å². The molecule has 6 heteroatoms.